The number of thiocarbonyl (C=S) groups is 1. The molecule has 0 fully saturated rings. The number of hydrogen-bond donors (Lipinski definition) is 2. The van der Waals surface area contributed by atoms with Crippen molar-refractivity contribution in [2.45, 2.75) is 39.5 Å². The molecule has 30 heavy (non-hydrogen) atoms. The second kappa shape index (κ2) is 9.29. The van der Waals surface area contributed by atoms with Gasteiger partial charge in [0.15, 0.2) is 16.6 Å². The van der Waals surface area contributed by atoms with E-state index in [1.165, 1.54) is 15.8 Å². The average molecular weight is 437 g/mol. The van der Waals surface area contributed by atoms with Gasteiger partial charge in [-0.3, -0.25) is 9.36 Å². The Hall–Kier alpha value is -2.88. The number of anilines is 1. The second-order valence-corrected chi connectivity index (χ2v) is 7.36. The van der Waals surface area contributed by atoms with Crippen LogP contribution in [0.15, 0.2) is 42.6 Å². The summed E-state index contributed by atoms with van der Waals surface area (Å²) in [4.78, 5) is 0. The van der Waals surface area contributed by atoms with Gasteiger partial charge in [0.2, 0.25) is 0 Å². The van der Waals surface area contributed by atoms with Crippen molar-refractivity contribution < 1.29 is 13.2 Å². The average Bonchev–Trinajstić information content (AvgIpc) is 3.27. The van der Waals surface area contributed by atoms with E-state index in [9.17, 15) is 13.2 Å². The molecule has 6 nitrogen and oxygen atoms in total. The van der Waals surface area contributed by atoms with Crippen LogP contribution in [0.25, 0.3) is 0 Å². The van der Waals surface area contributed by atoms with E-state index in [1.54, 1.807) is 6.92 Å². The minimum atomic E-state index is -4.43. The van der Waals surface area contributed by atoms with Gasteiger partial charge in [0.05, 0.1) is 6.54 Å². The lowest BCUT2D eigenvalue weighted by atomic mass is 10.1. The maximum atomic E-state index is 12.7. The summed E-state index contributed by atoms with van der Waals surface area (Å²) in [5.74, 6) is 0.624. The summed E-state index contributed by atoms with van der Waals surface area (Å²) in [6, 6.07) is 11.0. The highest BCUT2D eigenvalue weighted by molar-refractivity contribution is 7.80. The summed E-state index contributed by atoms with van der Waals surface area (Å²) in [6.07, 6.45) is -1.98. The third-order valence-electron chi connectivity index (χ3n) is 4.58. The molecule has 0 amide bonds. The first-order valence-corrected chi connectivity index (χ1v) is 9.87. The van der Waals surface area contributed by atoms with Crippen LogP contribution >= 0.6 is 12.2 Å². The molecular formula is C20H23F3N6S. The highest BCUT2D eigenvalue weighted by Crippen LogP contribution is 2.28. The Balaban J connectivity index is 1.43. The fourth-order valence-electron chi connectivity index (χ4n) is 2.94. The van der Waals surface area contributed by atoms with Gasteiger partial charge in [0.25, 0.3) is 0 Å². The number of nitrogens with zero attached hydrogens (tertiary/aromatic N) is 4. The Labute approximate surface area is 178 Å². The summed E-state index contributed by atoms with van der Waals surface area (Å²) in [7, 11) is 0. The molecule has 2 heterocycles. The Morgan fingerprint density at radius 2 is 1.90 bits per heavy atom. The van der Waals surface area contributed by atoms with Crippen LogP contribution in [0.1, 0.15) is 28.9 Å². The molecule has 0 aliphatic carbocycles. The van der Waals surface area contributed by atoms with E-state index in [2.05, 4.69) is 39.9 Å². The molecule has 0 aliphatic heterocycles. The molecule has 160 valence electrons. The maximum Gasteiger partial charge on any atom is 0.435 e. The molecule has 10 heteroatoms. The van der Waals surface area contributed by atoms with Crippen molar-refractivity contribution in [3.8, 4) is 0 Å². The van der Waals surface area contributed by atoms with Crippen molar-refractivity contribution >= 4 is 23.1 Å². The normalized spacial score (nSPS) is 11.5. The van der Waals surface area contributed by atoms with Gasteiger partial charge < -0.3 is 10.6 Å². The minimum Gasteiger partial charge on any atom is -0.362 e. The number of aryl methyl sites for hydroxylation is 3. The highest BCUT2D eigenvalue weighted by Gasteiger charge is 2.34. The first-order chi connectivity index (χ1) is 14.2. The molecule has 0 unspecified atom stereocenters. The molecule has 0 radical (unpaired) electrons. The van der Waals surface area contributed by atoms with Gasteiger partial charge in [0, 0.05) is 31.0 Å². The van der Waals surface area contributed by atoms with E-state index in [1.807, 2.05) is 29.1 Å². The molecule has 3 aromatic rings. The Bertz CT molecular complexity index is 1010. The Morgan fingerprint density at radius 3 is 2.60 bits per heavy atom. The van der Waals surface area contributed by atoms with Crippen LogP contribution in [0.3, 0.4) is 0 Å². The fourth-order valence-corrected chi connectivity index (χ4v) is 3.15. The summed E-state index contributed by atoms with van der Waals surface area (Å²) >= 11 is 5.26. The number of halogens is 3. The molecule has 0 aliphatic rings. The number of hydrogen-bond acceptors (Lipinski definition) is 3. The lowest BCUT2D eigenvalue weighted by Gasteiger charge is -2.09. The highest BCUT2D eigenvalue weighted by atomic mass is 32.1. The number of benzene rings is 1. The molecule has 1 aromatic carbocycles. The van der Waals surface area contributed by atoms with Gasteiger partial charge in [0.1, 0.15) is 0 Å². The first kappa shape index (κ1) is 21.8. The van der Waals surface area contributed by atoms with E-state index >= 15 is 0 Å². The third-order valence-corrected chi connectivity index (χ3v) is 4.83. The number of aromatic nitrogens is 4. The smallest absolute Gasteiger partial charge is 0.362 e. The van der Waals surface area contributed by atoms with Gasteiger partial charge in [-0.05, 0) is 49.7 Å². The van der Waals surface area contributed by atoms with Gasteiger partial charge in [-0.15, -0.1) is 0 Å². The van der Waals surface area contributed by atoms with Crippen LogP contribution in [0.4, 0.5) is 19.0 Å². The summed E-state index contributed by atoms with van der Waals surface area (Å²) in [5, 5.41) is 14.5. The molecule has 0 saturated carbocycles. The van der Waals surface area contributed by atoms with E-state index in [0.29, 0.717) is 42.7 Å². The van der Waals surface area contributed by atoms with E-state index in [4.69, 9.17) is 12.2 Å². The standard InChI is InChI=1S/C20H23F3N6S/c1-14-6-3-4-7-16(14)13-28-11-8-18(27-28)25-19(30)24-9-5-10-29-15(2)12-17(26-29)20(21,22)23/h3-4,6-8,11-12H,5,9-10,13H2,1-2H3,(H2,24,25,27,30). The monoisotopic (exact) mass is 436 g/mol. The molecule has 0 bridgehead atoms. The fraction of sp³-hybridized carbons (Fsp3) is 0.350. The molecule has 3 rings (SSSR count). The van der Waals surface area contributed by atoms with Crippen LogP contribution < -0.4 is 10.6 Å². The largest absolute Gasteiger partial charge is 0.435 e. The maximum absolute atomic E-state index is 12.7. The third kappa shape index (κ3) is 5.82. The molecule has 0 saturated heterocycles. The Morgan fingerprint density at radius 1 is 1.13 bits per heavy atom. The number of alkyl halides is 3. The molecule has 2 N–H and O–H groups in total. The van der Waals surface area contributed by atoms with Crippen LogP contribution in [-0.2, 0) is 19.3 Å². The second-order valence-electron chi connectivity index (χ2n) is 6.95. The van der Waals surface area contributed by atoms with Crippen molar-refractivity contribution in [1.82, 2.24) is 24.9 Å². The zero-order valence-electron chi connectivity index (χ0n) is 16.7. The Kier molecular flexibility index (Phi) is 6.76. The number of nitrogens with one attached hydrogen (secondary N) is 2. The molecule has 0 spiro atoms. The number of rotatable bonds is 7. The zero-order valence-corrected chi connectivity index (χ0v) is 17.5. The lowest BCUT2D eigenvalue weighted by molar-refractivity contribution is -0.141. The molecule has 2 aromatic heterocycles. The lowest BCUT2D eigenvalue weighted by Crippen LogP contribution is -2.30. The van der Waals surface area contributed by atoms with Gasteiger partial charge in [-0.2, -0.15) is 23.4 Å². The van der Waals surface area contributed by atoms with Crippen molar-refractivity contribution in [2.24, 2.45) is 0 Å². The van der Waals surface area contributed by atoms with Crippen molar-refractivity contribution in [1.29, 1.82) is 0 Å². The summed E-state index contributed by atoms with van der Waals surface area (Å²) in [5.41, 5.74) is 2.00. The molecular weight excluding hydrogens is 413 g/mol. The van der Waals surface area contributed by atoms with E-state index in [-0.39, 0.29) is 0 Å². The quantitative estimate of drug-likeness (QED) is 0.431. The topological polar surface area (TPSA) is 59.7 Å². The van der Waals surface area contributed by atoms with Crippen molar-refractivity contribution in [3.05, 3.63) is 65.1 Å². The van der Waals surface area contributed by atoms with Crippen LogP contribution in [0.2, 0.25) is 0 Å². The zero-order chi connectivity index (χ0) is 21.7. The van der Waals surface area contributed by atoms with Crippen molar-refractivity contribution in [3.63, 3.8) is 0 Å². The van der Waals surface area contributed by atoms with E-state index in [0.717, 1.165) is 6.07 Å². The van der Waals surface area contributed by atoms with E-state index < -0.39 is 11.9 Å². The first-order valence-electron chi connectivity index (χ1n) is 9.47. The van der Waals surface area contributed by atoms with Crippen molar-refractivity contribution in [2.75, 3.05) is 11.9 Å². The summed E-state index contributed by atoms with van der Waals surface area (Å²) < 4.78 is 41.3. The van der Waals surface area contributed by atoms with Crippen LogP contribution in [-0.4, -0.2) is 31.2 Å². The summed E-state index contributed by atoms with van der Waals surface area (Å²) in [6.45, 7) is 5.19. The van der Waals surface area contributed by atoms with Gasteiger partial charge in [-0.1, -0.05) is 24.3 Å². The van der Waals surface area contributed by atoms with Gasteiger partial charge in [-0.25, -0.2) is 0 Å². The predicted molar refractivity (Wildman–Crippen MR) is 113 cm³/mol. The van der Waals surface area contributed by atoms with Crippen LogP contribution in [0.5, 0.6) is 0 Å². The van der Waals surface area contributed by atoms with Gasteiger partial charge >= 0.3 is 6.18 Å². The van der Waals surface area contributed by atoms with Crippen LogP contribution in [0, 0.1) is 13.8 Å². The SMILES string of the molecule is Cc1ccccc1Cn1ccc(NC(=S)NCCCn2nc(C(F)(F)F)cc2C)n1. The predicted octanol–water partition coefficient (Wildman–Crippen LogP) is 4.14. The minimum absolute atomic E-state index is 0.364. The molecule has 0 atom stereocenters.